The molecule has 0 atom stereocenters. The molecule has 0 aliphatic rings. The molecule has 0 heterocycles. The molecule has 0 amide bonds. The summed E-state index contributed by atoms with van der Waals surface area (Å²) in [6.45, 7) is 2.25. The number of rotatable bonds is 7. The highest BCUT2D eigenvalue weighted by Gasteiger charge is 2.12. The fourth-order valence-corrected chi connectivity index (χ4v) is 3.74. The minimum atomic E-state index is 1.17. The van der Waals surface area contributed by atoms with Crippen molar-refractivity contribution in [2.75, 3.05) is 4.90 Å². The van der Waals surface area contributed by atoms with Gasteiger partial charge in [-0.05, 0) is 124 Å². The van der Waals surface area contributed by atoms with Gasteiger partial charge in [0.2, 0.25) is 0 Å². The molecule has 1 nitrogen and oxygen atoms in total. The molecule has 0 saturated carbocycles. The lowest BCUT2D eigenvalue weighted by Crippen LogP contribution is -2.10. The number of halogens is 2. The minimum absolute atomic E-state index is 1.17. The van der Waals surface area contributed by atoms with Crippen molar-refractivity contribution in [3.63, 3.8) is 0 Å². The first-order chi connectivity index (χ1) is 12.7. The monoisotopic (exact) mass is 567 g/mol. The van der Waals surface area contributed by atoms with Crippen molar-refractivity contribution in [3.8, 4) is 0 Å². The fraction of sp³-hybridized carbons (Fsp3) is 0.217. The number of aryl methyl sites for hydroxylation is 1. The van der Waals surface area contributed by atoms with Crippen LogP contribution in [0.15, 0.2) is 72.8 Å². The largest absolute Gasteiger partial charge is 0.311 e. The number of anilines is 3. The number of nitrogens with zero attached hydrogens (tertiary/aromatic N) is 1. The summed E-state index contributed by atoms with van der Waals surface area (Å²) in [4.78, 5) is 2.32. The highest BCUT2D eigenvalue weighted by atomic mass is 127. The fourth-order valence-electron chi connectivity index (χ4n) is 3.02. The Kier molecular flexibility index (Phi) is 7.37. The Morgan fingerprint density at radius 3 is 1.46 bits per heavy atom. The summed E-state index contributed by atoms with van der Waals surface area (Å²) in [5.41, 5.74) is 5.00. The van der Waals surface area contributed by atoms with Crippen LogP contribution in [0.25, 0.3) is 0 Å². The topological polar surface area (TPSA) is 3.24 Å². The van der Waals surface area contributed by atoms with Crippen molar-refractivity contribution in [2.24, 2.45) is 0 Å². The van der Waals surface area contributed by atoms with Crippen LogP contribution in [0.5, 0.6) is 0 Å². The Morgan fingerprint density at radius 2 is 1.04 bits per heavy atom. The van der Waals surface area contributed by atoms with Gasteiger partial charge in [-0.2, -0.15) is 0 Å². The molecule has 0 radical (unpaired) electrons. The smallest absolute Gasteiger partial charge is 0.0462 e. The second-order valence-corrected chi connectivity index (χ2v) is 8.90. The van der Waals surface area contributed by atoms with E-state index in [4.69, 9.17) is 0 Å². The van der Waals surface area contributed by atoms with E-state index in [0.29, 0.717) is 0 Å². The first-order valence-electron chi connectivity index (χ1n) is 9.07. The van der Waals surface area contributed by atoms with Crippen LogP contribution in [-0.4, -0.2) is 0 Å². The van der Waals surface area contributed by atoms with E-state index in [1.54, 1.807) is 0 Å². The lowest BCUT2D eigenvalue weighted by Gasteiger charge is -2.25. The Labute approximate surface area is 184 Å². The quantitative estimate of drug-likeness (QED) is 0.206. The first kappa shape index (κ1) is 19.7. The van der Waals surface area contributed by atoms with Crippen molar-refractivity contribution in [2.45, 2.75) is 32.6 Å². The summed E-state index contributed by atoms with van der Waals surface area (Å²) < 4.78 is 2.50. The van der Waals surface area contributed by atoms with Crippen molar-refractivity contribution in [1.29, 1.82) is 0 Å². The SMILES string of the molecule is CCCCCc1ccc(N(c2ccc(I)cc2)c2ccc(I)cc2)cc1. The molecule has 0 saturated heterocycles. The molecule has 0 N–H and O–H groups in total. The molecule has 0 aromatic heterocycles. The molecule has 0 bridgehead atoms. The lowest BCUT2D eigenvalue weighted by atomic mass is 10.1. The molecule has 3 heteroatoms. The van der Waals surface area contributed by atoms with E-state index in [1.807, 2.05) is 0 Å². The van der Waals surface area contributed by atoms with Gasteiger partial charge in [0.25, 0.3) is 0 Å². The van der Waals surface area contributed by atoms with E-state index in [0.717, 1.165) is 0 Å². The Balaban J connectivity index is 1.92. The van der Waals surface area contributed by atoms with Gasteiger partial charge in [-0.3, -0.25) is 0 Å². The van der Waals surface area contributed by atoms with Gasteiger partial charge in [0.1, 0.15) is 0 Å². The number of hydrogen-bond acceptors (Lipinski definition) is 1. The summed E-state index contributed by atoms with van der Waals surface area (Å²) in [5.74, 6) is 0. The van der Waals surface area contributed by atoms with Gasteiger partial charge in [0, 0.05) is 24.2 Å². The molecule has 0 aliphatic carbocycles. The van der Waals surface area contributed by atoms with Crippen molar-refractivity contribution in [3.05, 3.63) is 85.5 Å². The van der Waals surface area contributed by atoms with Gasteiger partial charge < -0.3 is 4.90 Å². The molecule has 3 rings (SSSR count). The molecular weight excluding hydrogens is 544 g/mol. The van der Waals surface area contributed by atoms with Crippen LogP contribution < -0.4 is 4.90 Å². The van der Waals surface area contributed by atoms with Crippen LogP contribution in [0.2, 0.25) is 0 Å². The zero-order valence-corrected chi connectivity index (χ0v) is 19.3. The van der Waals surface area contributed by atoms with E-state index >= 15 is 0 Å². The van der Waals surface area contributed by atoms with E-state index < -0.39 is 0 Å². The summed E-state index contributed by atoms with van der Waals surface area (Å²) in [6, 6.07) is 26.4. The average molecular weight is 567 g/mol. The maximum atomic E-state index is 2.35. The second kappa shape index (κ2) is 9.74. The maximum absolute atomic E-state index is 2.35. The van der Waals surface area contributed by atoms with Crippen LogP contribution in [0.3, 0.4) is 0 Å². The zero-order valence-electron chi connectivity index (χ0n) is 15.0. The number of unbranched alkanes of at least 4 members (excludes halogenated alkanes) is 2. The summed E-state index contributed by atoms with van der Waals surface area (Å²) in [7, 11) is 0. The van der Waals surface area contributed by atoms with Gasteiger partial charge in [-0.25, -0.2) is 0 Å². The Hall–Kier alpha value is -1.08. The molecule has 0 aliphatic heterocycles. The molecular formula is C23H23I2N. The van der Waals surface area contributed by atoms with Crippen molar-refractivity contribution >= 4 is 62.2 Å². The van der Waals surface area contributed by atoms with Crippen LogP contribution in [0.1, 0.15) is 31.7 Å². The van der Waals surface area contributed by atoms with E-state index in [2.05, 4.69) is 130 Å². The third-order valence-corrected chi connectivity index (χ3v) is 5.87. The highest BCUT2D eigenvalue weighted by Crippen LogP contribution is 2.35. The van der Waals surface area contributed by atoms with E-state index in [1.165, 1.54) is 55.4 Å². The highest BCUT2D eigenvalue weighted by molar-refractivity contribution is 14.1. The standard InChI is InChI=1S/C23H23I2N/c1-2-3-4-5-18-6-12-21(13-7-18)26(22-14-8-19(24)9-15-22)23-16-10-20(25)11-17-23/h6-17H,2-5H2,1H3. The molecule has 3 aromatic carbocycles. The minimum Gasteiger partial charge on any atom is -0.311 e. The molecule has 0 fully saturated rings. The zero-order chi connectivity index (χ0) is 18.4. The van der Waals surface area contributed by atoms with Crippen molar-refractivity contribution < 1.29 is 0 Å². The van der Waals surface area contributed by atoms with Gasteiger partial charge in [0.15, 0.2) is 0 Å². The Bertz CT molecular complexity index is 763. The molecule has 0 spiro atoms. The lowest BCUT2D eigenvalue weighted by molar-refractivity contribution is 0.717. The normalized spacial score (nSPS) is 10.7. The summed E-state index contributed by atoms with van der Waals surface area (Å²) in [6.07, 6.45) is 5.01. The predicted octanol–water partition coefficient (Wildman–Crippen LogP) is 8.10. The molecule has 134 valence electrons. The maximum Gasteiger partial charge on any atom is 0.0462 e. The van der Waals surface area contributed by atoms with Gasteiger partial charge >= 0.3 is 0 Å². The van der Waals surface area contributed by atoms with E-state index in [9.17, 15) is 0 Å². The third-order valence-electron chi connectivity index (χ3n) is 4.43. The molecule has 0 unspecified atom stereocenters. The Morgan fingerprint density at radius 1 is 0.615 bits per heavy atom. The second-order valence-electron chi connectivity index (χ2n) is 6.41. The third kappa shape index (κ3) is 5.22. The predicted molar refractivity (Wildman–Crippen MR) is 130 cm³/mol. The molecule has 26 heavy (non-hydrogen) atoms. The van der Waals surface area contributed by atoms with Gasteiger partial charge in [-0.1, -0.05) is 31.9 Å². The van der Waals surface area contributed by atoms with Crippen LogP contribution in [-0.2, 0) is 6.42 Å². The first-order valence-corrected chi connectivity index (χ1v) is 11.2. The van der Waals surface area contributed by atoms with Gasteiger partial charge in [-0.15, -0.1) is 0 Å². The van der Waals surface area contributed by atoms with Crippen LogP contribution >= 0.6 is 45.2 Å². The number of benzene rings is 3. The average Bonchev–Trinajstić information content (AvgIpc) is 2.66. The van der Waals surface area contributed by atoms with E-state index in [-0.39, 0.29) is 0 Å². The summed E-state index contributed by atoms with van der Waals surface area (Å²) in [5, 5.41) is 0. The van der Waals surface area contributed by atoms with Crippen LogP contribution in [0.4, 0.5) is 17.1 Å². The van der Waals surface area contributed by atoms with Gasteiger partial charge in [0.05, 0.1) is 0 Å². The summed E-state index contributed by atoms with van der Waals surface area (Å²) >= 11 is 4.71. The van der Waals surface area contributed by atoms with Crippen LogP contribution in [0, 0.1) is 7.14 Å². The number of hydrogen-bond donors (Lipinski definition) is 0. The van der Waals surface area contributed by atoms with Crippen molar-refractivity contribution in [1.82, 2.24) is 0 Å². The molecule has 3 aromatic rings.